The molecule has 0 aromatic heterocycles. The number of carbonyl (C=O) groups is 1. The molecule has 2 aliphatic heterocycles. The summed E-state index contributed by atoms with van der Waals surface area (Å²) in [5.41, 5.74) is 3.91. The molecule has 6 rings (SSSR count). The summed E-state index contributed by atoms with van der Waals surface area (Å²) in [5.74, 6) is 1.95. The van der Waals surface area contributed by atoms with E-state index in [-0.39, 0.29) is 22.9 Å². The van der Waals surface area contributed by atoms with Crippen LogP contribution in [-0.2, 0) is 22.0 Å². The monoisotopic (exact) mass is 536 g/mol. The van der Waals surface area contributed by atoms with E-state index in [1.807, 2.05) is 0 Å². The van der Waals surface area contributed by atoms with E-state index in [4.69, 9.17) is 25.5 Å². The molecule has 1 saturated heterocycles. The number of halogens is 1. The van der Waals surface area contributed by atoms with Crippen molar-refractivity contribution in [2.24, 2.45) is 5.92 Å². The smallest absolute Gasteiger partial charge is 0.338 e. The molecule has 5 nitrogen and oxygen atoms in total. The van der Waals surface area contributed by atoms with Crippen LogP contribution in [0.4, 0.5) is 0 Å². The third-order valence-corrected chi connectivity index (χ3v) is 9.56. The summed E-state index contributed by atoms with van der Waals surface area (Å²) in [4.78, 5) is 15.7. The maximum Gasteiger partial charge on any atom is 0.338 e. The average molecular weight is 537 g/mol. The minimum Gasteiger partial charge on any atom is -0.542 e. The Bertz CT molecular complexity index is 1280. The molecule has 5 atom stereocenters. The topological polar surface area (TPSA) is 48.0 Å². The predicted molar refractivity (Wildman–Crippen MR) is 147 cm³/mol. The van der Waals surface area contributed by atoms with Gasteiger partial charge in [-0.25, -0.2) is 4.79 Å². The van der Waals surface area contributed by atoms with Crippen LogP contribution in [0.2, 0.25) is 18.1 Å². The van der Waals surface area contributed by atoms with Crippen LogP contribution in [-0.4, -0.2) is 51.8 Å². The van der Waals surface area contributed by atoms with Gasteiger partial charge >= 0.3 is 5.97 Å². The molecular weight excluding hydrogens is 502 g/mol. The molecular formula is C30H35ClNO4Si. The molecule has 2 aromatic carbocycles. The van der Waals surface area contributed by atoms with E-state index in [0.29, 0.717) is 22.5 Å². The lowest BCUT2D eigenvalue weighted by Crippen LogP contribution is -2.65. The van der Waals surface area contributed by atoms with Gasteiger partial charge in [-0.15, -0.1) is 0 Å². The van der Waals surface area contributed by atoms with Crippen LogP contribution in [0.1, 0.15) is 54.2 Å². The van der Waals surface area contributed by atoms with Crippen molar-refractivity contribution >= 4 is 26.6 Å². The quantitative estimate of drug-likeness (QED) is 0.275. The number of rotatable bonds is 4. The highest BCUT2D eigenvalue weighted by atomic mass is 35.5. The van der Waals surface area contributed by atoms with Gasteiger partial charge in [-0.2, -0.15) is 0 Å². The fraction of sp³-hybridized carbons (Fsp3) is 0.500. The maximum atomic E-state index is 13.2. The summed E-state index contributed by atoms with van der Waals surface area (Å²) in [6.07, 6.45) is 5.52. The van der Waals surface area contributed by atoms with E-state index in [1.54, 1.807) is 24.3 Å². The van der Waals surface area contributed by atoms with Crippen LogP contribution in [0.3, 0.4) is 0 Å². The number of likely N-dealkylation sites (tertiary alicyclic amines) is 1. The number of hydrogen-bond donors (Lipinski definition) is 0. The van der Waals surface area contributed by atoms with Crippen LogP contribution in [0, 0.1) is 5.92 Å². The van der Waals surface area contributed by atoms with Gasteiger partial charge in [-0.05, 0) is 81.4 Å². The molecule has 0 N–H and O–H groups in total. The largest absolute Gasteiger partial charge is 0.542 e. The van der Waals surface area contributed by atoms with Crippen LogP contribution in [0.25, 0.3) is 0 Å². The Morgan fingerprint density at radius 1 is 1.19 bits per heavy atom. The molecule has 1 radical (unpaired) electrons. The van der Waals surface area contributed by atoms with Gasteiger partial charge < -0.3 is 18.8 Å². The van der Waals surface area contributed by atoms with Crippen molar-refractivity contribution in [3.63, 3.8) is 0 Å². The van der Waals surface area contributed by atoms with Gasteiger partial charge in [0.25, 0.3) is 9.04 Å². The summed E-state index contributed by atoms with van der Waals surface area (Å²) in [5, 5.41) is 0.592. The van der Waals surface area contributed by atoms with E-state index in [2.05, 4.69) is 64.0 Å². The molecule has 0 saturated carbocycles. The second kappa shape index (κ2) is 8.62. The molecule has 2 heterocycles. The Morgan fingerprint density at radius 2 is 1.92 bits per heavy atom. The van der Waals surface area contributed by atoms with Crippen molar-refractivity contribution in [1.29, 1.82) is 0 Å². The number of benzene rings is 2. The standard InChI is InChI=1S/C30H35ClNO4Si/c1-29(2,3)21-16-24(36-37(5)6)19-15-22-20-11-12-23(34-28(33)17-7-9-18(31)10-8-17)27-30(20,13-14-32(22)4)25(19)26(21)35-27/h7-12,16,20,22-23,27H,13-15H2,1-6H3/t20-,22+,23-,27-,30-/m0/s1. The van der Waals surface area contributed by atoms with Gasteiger partial charge in [-0.1, -0.05) is 38.4 Å². The molecule has 1 spiro atoms. The molecule has 4 aliphatic rings. The second-order valence-electron chi connectivity index (χ2n) is 12.2. The number of likely N-dealkylation sites (N-methyl/N-ethyl adjacent to an activating group) is 1. The van der Waals surface area contributed by atoms with Crippen molar-refractivity contribution < 1.29 is 18.7 Å². The minimum absolute atomic E-state index is 0.123. The predicted octanol–water partition coefficient (Wildman–Crippen LogP) is 5.94. The lowest BCUT2D eigenvalue weighted by atomic mass is 9.53. The number of hydrogen-bond acceptors (Lipinski definition) is 5. The zero-order valence-electron chi connectivity index (χ0n) is 22.4. The molecule has 2 bridgehead atoms. The van der Waals surface area contributed by atoms with Gasteiger partial charge in [-0.3, -0.25) is 0 Å². The minimum atomic E-state index is -0.954. The van der Waals surface area contributed by atoms with E-state index in [9.17, 15) is 4.79 Å². The fourth-order valence-electron chi connectivity index (χ4n) is 7.03. The Kier molecular flexibility index (Phi) is 5.83. The van der Waals surface area contributed by atoms with E-state index in [0.717, 1.165) is 30.9 Å². The van der Waals surface area contributed by atoms with Crippen LogP contribution in [0.15, 0.2) is 42.5 Å². The van der Waals surface area contributed by atoms with Crippen LogP contribution < -0.4 is 9.16 Å². The van der Waals surface area contributed by atoms with Gasteiger partial charge in [0.1, 0.15) is 17.6 Å². The SMILES string of the molecule is CN1CC[C@]23c4c5c(O[Si](C)C)cc(C(C)(C)C)c4O[C@H]2[C@@H](OC(=O)c2ccc(Cl)cc2)C=C[C@H]3[C@H]1C5. The number of nitrogens with zero attached hydrogens (tertiary/aromatic N) is 1. The third-order valence-electron chi connectivity index (χ3n) is 8.68. The highest BCUT2D eigenvalue weighted by Gasteiger charge is 2.65. The normalized spacial score (nSPS) is 29.6. The van der Waals surface area contributed by atoms with E-state index in [1.165, 1.54) is 16.7 Å². The van der Waals surface area contributed by atoms with Gasteiger partial charge in [0.2, 0.25) is 0 Å². The summed E-state index contributed by atoms with van der Waals surface area (Å²) < 4.78 is 19.7. The summed E-state index contributed by atoms with van der Waals surface area (Å²) in [7, 11) is 1.28. The van der Waals surface area contributed by atoms with Gasteiger partial charge in [0.05, 0.1) is 5.56 Å². The molecule has 2 aromatic rings. The highest BCUT2D eigenvalue weighted by Crippen LogP contribution is 2.64. The Hall–Kier alpha value is -2.28. The first-order chi connectivity index (χ1) is 17.5. The molecule has 0 unspecified atom stereocenters. The summed E-state index contributed by atoms with van der Waals surface area (Å²) >= 11 is 6.04. The lowest BCUT2D eigenvalue weighted by molar-refractivity contribution is -0.0556. The molecule has 7 heteroatoms. The first kappa shape index (κ1) is 25.0. The van der Waals surface area contributed by atoms with Crippen molar-refractivity contribution in [3.8, 4) is 11.5 Å². The first-order valence-corrected chi connectivity index (χ1v) is 16.0. The Labute approximate surface area is 226 Å². The molecule has 195 valence electrons. The van der Waals surface area contributed by atoms with Crippen LogP contribution in [0.5, 0.6) is 11.5 Å². The summed E-state index contributed by atoms with van der Waals surface area (Å²) in [6, 6.07) is 9.45. The first-order valence-electron chi connectivity index (χ1n) is 13.2. The number of ether oxygens (including phenoxy) is 2. The zero-order chi connectivity index (χ0) is 26.3. The number of esters is 1. The van der Waals surface area contributed by atoms with Crippen LogP contribution >= 0.6 is 11.6 Å². The van der Waals surface area contributed by atoms with Crippen molar-refractivity contribution in [2.45, 2.75) is 75.8 Å². The Morgan fingerprint density at radius 3 is 2.59 bits per heavy atom. The highest BCUT2D eigenvalue weighted by molar-refractivity contribution is 6.49. The van der Waals surface area contributed by atoms with Crippen molar-refractivity contribution in [3.05, 3.63) is 69.8 Å². The molecule has 0 amide bonds. The molecule has 1 fully saturated rings. The maximum absolute atomic E-state index is 13.2. The average Bonchev–Trinajstić information content (AvgIpc) is 3.17. The molecule has 2 aliphatic carbocycles. The number of piperidine rings is 1. The lowest BCUT2D eigenvalue weighted by Gasteiger charge is -2.56. The fourth-order valence-corrected chi connectivity index (χ4v) is 7.78. The second-order valence-corrected chi connectivity index (χ2v) is 14.7. The molecule has 37 heavy (non-hydrogen) atoms. The van der Waals surface area contributed by atoms with Gasteiger partial charge in [0, 0.05) is 39.1 Å². The Balaban J connectivity index is 1.50. The van der Waals surface area contributed by atoms with E-state index < -0.39 is 15.1 Å². The van der Waals surface area contributed by atoms with Crippen molar-refractivity contribution in [2.75, 3.05) is 13.6 Å². The zero-order valence-corrected chi connectivity index (χ0v) is 24.2. The summed E-state index contributed by atoms with van der Waals surface area (Å²) in [6.45, 7) is 12.1. The van der Waals surface area contributed by atoms with Gasteiger partial charge in [0.15, 0.2) is 6.10 Å². The number of carbonyl (C=O) groups excluding carboxylic acids is 1. The van der Waals surface area contributed by atoms with E-state index >= 15 is 0 Å². The van der Waals surface area contributed by atoms with Crippen molar-refractivity contribution in [1.82, 2.24) is 4.90 Å². The third kappa shape index (κ3) is 3.78.